The van der Waals surface area contributed by atoms with Crippen molar-refractivity contribution in [3.8, 4) is 0 Å². The Morgan fingerprint density at radius 2 is 1.71 bits per heavy atom. The number of likely N-dealkylation sites (N-methyl/N-ethyl adjacent to an activating group) is 1. The molecule has 0 aromatic heterocycles. The number of carbonyl (C=O) groups is 2. The van der Waals surface area contributed by atoms with E-state index in [0.717, 1.165) is 16.7 Å². The van der Waals surface area contributed by atoms with Gasteiger partial charge in [-0.05, 0) is 36.6 Å². The van der Waals surface area contributed by atoms with Gasteiger partial charge in [-0.3, -0.25) is 4.79 Å². The van der Waals surface area contributed by atoms with Crippen LogP contribution in [0.5, 0.6) is 0 Å². The molecule has 0 saturated heterocycles. The van der Waals surface area contributed by atoms with Crippen LogP contribution in [-0.2, 0) is 16.1 Å². The third-order valence-electron chi connectivity index (χ3n) is 3.97. The Kier molecular flexibility index (Phi) is 5.58. The number of nitrogens with two attached hydrogens (primary N) is 1. The zero-order valence-corrected chi connectivity index (χ0v) is 14.2. The van der Waals surface area contributed by atoms with Crippen LogP contribution in [0, 0.1) is 13.8 Å². The van der Waals surface area contributed by atoms with Crippen molar-refractivity contribution in [1.82, 2.24) is 4.90 Å². The van der Waals surface area contributed by atoms with E-state index >= 15 is 0 Å². The zero-order valence-electron chi connectivity index (χ0n) is 14.2. The number of rotatable bonds is 5. The van der Waals surface area contributed by atoms with E-state index in [1.54, 1.807) is 19.2 Å². The molecule has 2 N–H and O–H groups in total. The van der Waals surface area contributed by atoms with Gasteiger partial charge in [-0.1, -0.05) is 36.4 Å². The highest BCUT2D eigenvalue weighted by atomic mass is 16.5. The fourth-order valence-corrected chi connectivity index (χ4v) is 2.31. The molecule has 0 fully saturated rings. The number of ether oxygens (including phenoxy) is 1. The van der Waals surface area contributed by atoms with Crippen molar-refractivity contribution < 1.29 is 14.3 Å². The largest absolute Gasteiger partial charge is 0.452 e. The van der Waals surface area contributed by atoms with Crippen molar-refractivity contribution in [2.24, 2.45) is 0 Å². The average Bonchev–Trinajstić information content (AvgIpc) is 2.56. The molecule has 24 heavy (non-hydrogen) atoms. The van der Waals surface area contributed by atoms with Gasteiger partial charge >= 0.3 is 5.97 Å². The fourth-order valence-electron chi connectivity index (χ4n) is 2.31. The number of nitrogen functional groups attached to an aromatic ring is 1. The van der Waals surface area contributed by atoms with Crippen LogP contribution < -0.4 is 5.73 Å². The SMILES string of the molecule is Cc1ccccc1CN(C)C(=O)COC(=O)c1cccc(C)c1N. The van der Waals surface area contributed by atoms with Crippen molar-refractivity contribution >= 4 is 17.6 Å². The Morgan fingerprint density at radius 3 is 2.42 bits per heavy atom. The number of aryl methyl sites for hydroxylation is 2. The highest BCUT2D eigenvalue weighted by Gasteiger charge is 2.16. The van der Waals surface area contributed by atoms with Crippen LogP contribution in [0.2, 0.25) is 0 Å². The molecule has 1 amide bonds. The first-order valence-corrected chi connectivity index (χ1v) is 7.71. The number of anilines is 1. The quantitative estimate of drug-likeness (QED) is 0.677. The summed E-state index contributed by atoms with van der Waals surface area (Å²) in [6, 6.07) is 13.0. The van der Waals surface area contributed by atoms with Crippen LogP contribution in [0.25, 0.3) is 0 Å². The number of nitrogens with zero attached hydrogens (tertiary/aromatic N) is 1. The van der Waals surface area contributed by atoms with E-state index in [0.29, 0.717) is 12.2 Å². The minimum Gasteiger partial charge on any atom is -0.452 e. The molecular weight excluding hydrogens is 304 g/mol. The molecule has 2 aromatic carbocycles. The van der Waals surface area contributed by atoms with Gasteiger partial charge in [0, 0.05) is 19.3 Å². The summed E-state index contributed by atoms with van der Waals surface area (Å²) in [5.74, 6) is -0.855. The second-order valence-electron chi connectivity index (χ2n) is 5.79. The summed E-state index contributed by atoms with van der Waals surface area (Å²) >= 11 is 0. The molecule has 0 aliphatic heterocycles. The van der Waals surface area contributed by atoms with Crippen molar-refractivity contribution in [2.45, 2.75) is 20.4 Å². The number of esters is 1. The normalized spacial score (nSPS) is 10.3. The van der Waals surface area contributed by atoms with E-state index < -0.39 is 5.97 Å². The lowest BCUT2D eigenvalue weighted by molar-refractivity contribution is -0.133. The van der Waals surface area contributed by atoms with Gasteiger partial charge in [-0.15, -0.1) is 0 Å². The maximum Gasteiger partial charge on any atom is 0.340 e. The number of hydrogen-bond acceptors (Lipinski definition) is 4. The van der Waals surface area contributed by atoms with Gasteiger partial charge in [0.1, 0.15) is 0 Å². The van der Waals surface area contributed by atoms with Gasteiger partial charge in [0.2, 0.25) is 0 Å². The maximum absolute atomic E-state index is 12.2. The zero-order chi connectivity index (χ0) is 17.7. The minimum absolute atomic E-state index is 0.266. The highest BCUT2D eigenvalue weighted by Crippen LogP contribution is 2.17. The van der Waals surface area contributed by atoms with Crippen molar-refractivity contribution in [3.05, 3.63) is 64.7 Å². The number of hydrogen-bond donors (Lipinski definition) is 1. The summed E-state index contributed by atoms with van der Waals surface area (Å²) in [6.45, 7) is 3.96. The smallest absolute Gasteiger partial charge is 0.340 e. The van der Waals surface area contributed by atoms with Crippen molar-refractivity contribution in [2.75, 3.05) is 19.4 Å². The van der Waals surface area contributed by atoms with E-state index in [1.165, 1.54) is 4.90 Å². The van der Waals surface area contributed by atoms with E-state index in [2.05, 4.69) is 0 Å². The van der Waals surface area contributed by atoms with Crippen LogP contribution in [0.4, 0.5) is 5.69 Å². The van der Waals surface area contributed by atoms with Crippen LogP contribution in [-0.4, -0.2) is 30.4 Å². The van der Waals surface area contributed by atoms with Crippen LogP contribution in [0.1, 0.15) is 27.0 Å². The average molecular weight is 326 g/mol. The summed E-state index contributed by atoms with van der Waals surface area (Å²) in [7, 11) is 1.68. The lowest BCUT2D eigenvalue weighted by Gasteiger charge is -2.18. The molecule has 0 saturated carbocycles. The minimum atomic E-state index is -0.589. The third kappa shape index (κ3) is 4.13. The third-order valence-corrected chi connectivity index (χ3v) is 3.97. The summed E-state index contributed by atoms with van der Waals surface area (Å²) in [4.78, 5) is 25.8. The van der Waals surface area contributed by atoms with Crippen LogP contribution >= 0.6 is 0 Å². The first kappa shape index (κ1) is 17.5. The lowest BCUT2D eigenvalue weighted by atomic mass is 10.1. The Balaban J connectivity index is 1.94. The van der Waals surface area contributed by atoms with E-state index in [9.17, 15) is 9.59 Å². The maximum atomic E-state index is 12.2. The Bertz CT molecular complexity index is 756. The molecule has 0 aliphatic carbocycles. The predicted octanol–water partition coefficient (Wildman–Crippen LogP) is 2.70. The molecule has 0 radical (unpaired) electrons. The second-order valence-corrected chi connectivity index (χ2v) is 5.79. The van der Waals surface area contributed by atoms with E-state index in [1.807, 2.05) is 44.2 Å². The molecule has 0 bridgehead atoms. The van der Waals surface area contributed by atoms with E-state index in [4.69, 9.17) is 10.5 Å². The first-order valence-electron chi connectivity index (χ1n) is 7.71. The summed E-state index contributed by atoms with van der Waals surface area (Å²) in [5.41, 5.74) is 9.50. The first-order chi connectivity index (χ1) is 11.4. The van der Waals surface area contributed by atoms with E-state index in [-0.39, 0.29) is 18.1 Å². The van der Waals surface area contributed by atoms with Gasteiger partial charge in [0.25, 0.3) is 5.91 Å². The highest BCUT2D eigenvalue weighted by molar-refractivity contribution is 5.96. The van der Waals surface area contributed by atoms with Crippen LogP contribution in [0.15, 0.2) is 42.5 Å². The molecular formula is C19H22N2O3. The van der Waals surface area contributed by atoms with Gasteiger partial charge in [-0.25, -0.2) is 4.79 Å². The van der Waals surface area contributed by atoms with Crippen molar-refractivity contribution in [3.63, 3.8) is 0 Å². The lowest BCUT2D eigenvalue weighted by Crippen LogP contribution is -2.31. The van der Waals surface area contributed by atoms with Gasteiger partial charge in [-0.2, -0.15) is 0 Å². The predicted molar refractivity (Wildman–Crippen MR) is 93.5 cm³/mol. The topological polar surface area (TPSA) is 72.6 Å². The number of carbonyl (C=O) groups excluding carboxylic acids is 2. The Labute approximate surface area is 142 Å². The molecule has 0 aliphatic rings. The number of para-hydroxylation sites is 1. The molecule has 5 nitrogen and oxygen atoms in total. The number of benzene rings is 2. The molecule has 0 heterocycles. The van der Waals surface area contributed by atoms with Crippen molar-refractivity contribution in [1.29, 1.82) is 0 Å². The monoisotopic (exact) mass is 326 g/mol. The molecule has 0 spiro atoms. The summed E-state index contributed by atoms with van der Waals surface area (Å²) in [6.07, 6.45) is 0. The van der Waals surface area contributed by atoms with Gasteiger partial charge in [0.15, 0.2) is 6.61 Å². The Hall–Kier alpha value is -2.82. The molecule has 2 rings (SSSR count). The fraction of sp³-hybridized carbons (Fsp3) is 0.263. The van der Waals surface area contributed by atoms with Crippen LogP contribution in [0.3, 0.4) is 0 Å². The standard InChI is InChI=1S/C19H22N2O3/c1-13-7-4-5-9-15(13)11-21(3)17(22)12-24-19(23)16-10-6-8-14(2)18(16)20/h4-10H,11-12,20H2,1-3H3. The summed E-state index contributed by atoms with van der Waals surface area (Å²) in [5, 5.41) is 0. The Morgan fingerprint density at radius 1 is 1.04 bits per heavy atom. The molecule has 5 heteroatoms. The molecule has 2 aromatic rings. The number of amides is 1. The van der Waals surface area contributed by atoms with Gasteiger partial charge < -0.3 is 15.4 Å². The second kappa shape index (κ2) is 7.64. The van der Waals surface area contributed by atoms with Gasteiger partial charge in [0.05, 0.1) is 5.56 Å². The molecule has 0 unspecified atom stereocenters. The molecule has 0 atom stereocenters. The molecule has 126 valence electrons. The summed E-state index contributed by atoms with van der Waals surface area (Å²) < 4.78 is 5.10.